The van der Waals surface area contributed by atoms with Crippen molar-refractivity contribution in [3.05, 3.63) is 17.0 Å². The van der Waals surface area contributed by atoms with E-state index < -0.39 is 25.8 Å². The molecule has 1 N–H and O–H groups in total. The van der Waals surface area contributed by atoms with Crippen LogP contribution >= 0.6 is 10.0 Å². The van der Waals surface area contributed by atoms with Crippen molar-refractivity contribution in [3.8, 4) is 0 Å². The van der Waals surface area contributed by atoms with Gasteiger partial charge in [0.1, 0.15) is 6.73 Å². The second-order valence-electron chi connectivity index (χ2n) is 6.25. The zero-order valence-electron chi connectivity index (χ0n) is 13.0. The molecular weight excluding hydrogens is 328 g/mol. The summed E-state index contributed by atoms with van der Waals surface area (Å²) in [5.74, 6) is -0.398. The minimum absolute atomic E-state index is 0.0276. The summed E-state index contributed by atoms with van der Waals surface area (Å²) in [6, 6.07) is 0. The maximum atomic E-state index is 11.8. The average molecular weight is 350 g/mol. The van der Waals surface area contributed by atoms with Crippen molar-refractivity contribution in [3.63, 3.8) is 0 Å². The fourth-order valence-corrected chi connectivity index (χ4v) is 4.25. The van der Waals surface area contributed by atoms with Crippen LogP contribution in [0.25, 0.3) is 0 Å². The second-order valence-corrected chi connectivity index (χ2v) is 13.0. The Morgan fingerprint density at radius 2 is 2.09 bits per heavy atom. The lowest BCUT2D eigenvalue weighted by Crippen LogP contribution is -2.22. The number of carbonyl (C=O) groups is 1. The molecule has 126 valence electrons. The molecule has 9 heteroatoms. The zero-order chi connectivity index (χ0) is 16.5. The highest BCUT2D eigenvalue weighted by Crippen LogP contribution is 2.33. The number of carboxylic acid groups (broad SMARTS) is 1. The summed E-state index contributed by atoms with van der Waals surface area (Å²) in [5.41, 5.74) is 0.911. The van der Waals surface area contributed by atoms with Gasteiger partial charge in [0, 0.05) is 11.3 Å². The molecule has 1 aromatic rings. The van der Waals surface area contributed by atoms with Gasteiger partial charge in [-0.15, -0.1) is 0 Å². The first-order chi connectivity index (χ1) is 10.1. The summed E-state index contributed by atoms with van der Waals surface area (Å²) in [4.78, 5) is 11.2. The topological polar surface area (TPSA) is 98.5 Å². The number of hydrogen-bond acceptors (Lipinski definition) is 5. The summed E-state index contributed by atoms with van der Waals surface area (Å²) < 4.78 is 30.5. The van der Waals surface area contributed by atoms with Crippen molar-refractivity contribution in [1.82, 2.24) is 9.78 Å². The number of aromatic carboxylic acids is 1. The number of aromatic nitrogens is 2. The molecular formula is C13H22N2O5S2. The highest BCUT2D eigenvalue weighted by Gasteiger charge is 2.30. The number of ether oxygens (including phenoxy) is 1. The molecule has 0 atom stereocenters. The lowest BCUT2D eigenvalue weighted by Gasteiger charge is -2.24. The van der Waals surface area contributed by atoms with E-state index in [1.54, 1.807) is 0 Å². The van der Waals surface area contributed by atoms with Gasteiger partial charge in [0.25, 0.3) is 0 Å². The maximum absolute atomic E-state index is 11.8. The van der Waals surface area contributed by atoms with Crippen molar-refractivity contribution in [2.75, 3.05) is 36.9 Å². The van der Waals surface area contributed by atoms with Gasteiger partial charge >= 0.3 is 5.97 Å². The molecule has 1 aliphatic heterocycles. The number of carboxylic acids is 1. The Bertz CT molecular complexity index is 673. The van der Waals surface area contributed by atoms with Crippen molar-refractivity contribution in [1.29, 1.82) is 0 Å². The molecule has 0 saturated heterocycles. The molecule has 0 spiro atoms. The van der Waals surface area contributed by atoms with Crippen molar-refractivity contribution in [2.45, 2.75) is 18.9 Å². The van der Waals surface area contributed by atoms with Crippen LogP contribution < -0.4 is 0 Å². The van der Waals surface area contributed by atoms with E-state index in [9.17, 15) is 18.3 Å². The summed E-state index contributed by atoms with van der Waals surface area (Å²) in [5, 5.41) is 13.2. The fraction of sp³-hybridized carbons (Fsp3) is 0.692. The first kappa shape index (κ1) is 17.3. The van der Waals surface area contributed by atoms with E-state index in [1.165, 1.54) is 4.68 Å². The van der Waals surface area contributed by atoms with Crippen LogP contribution in [0.15, 0.2) is 0 Å². The molecule has 0 saturated carbocycles. The van der Waals surface area contributed by atoms with Crippen LogP contribution in [0, 0.1) is 0 Å². The van der Waals surface area contributed by atoms with Gasteiger partial charge in [0.2, 0.25) is 0 Å². The number of rotatable bonds is 6. The Hall–Kier alpha value is -1.06. The normalized spacial score (nSPS) is 18.0. The van der Waals surface area contributed by atoms with Crippen LogP contribution in [-0.2, 0) is 33.5 Å². The van der Waals surface area contributed by atoms with Crippen LogP contribution in [0.5, 0.6) is 0 Å². The zero-order valence-corrected chi connectivity index (χ0v) is 14.7. The smallest absolute Gasteiger partial charge is 0.356 e. The monoisotopic (exact) mass is 350 g/mol. The van der Waals surface area contributed by atoms with Gasteiger partial charge in [0.15, 0.2) is 15.5 Å². The van der Waals surface area contributed by atoms with Crippen LogP contribution in [0.2, 0.25) is 0 Å². The summed E-state index contributed by atoms with van der Waals surface area (Å²) >= 11 is 0. The molecule has 0 aromatic carbocycles. The molecule has 0 radical (unpaired) electrons. The van der Waals surface area contributed by atoms with Gasteiger partial charge in [-0.2, -0.15) is 5.10 Å². The van der Waals surface area contributed by atoms with E-state index in [4.69, 9.17) is 4.74 Å². The summed E-state index contributed by atoms with van der Waals surface area (Å²) in [6.07, 6.45) is 6.75. The van der Waals surface area contributed by atoms with Crippen LogP contribution in [0.4, 0.5) is 0 Å². The van der Waals surface area contributed by atoms with Gasteiger partial charge in [-0.25, -0.2) is 27.9 Å². The second kappa shape index (κ2) is 6.21. The maximum Gasteiger partial charge on any atom is 0.356 e. The quantitative estimate of drug-likeness (QED) is 0.759. The minimum Gasteiger partial charge on any atom is -0.476 e. The van der Waals surface area contributed by atoms with Crippen molar-refractivity contribution < 1.29 is 23.1 Å². The average Bonchev–Trinajstić information content (AvgIpc) is 2.70. The Kier molecular flexibility index (Phi) is 4.88. The molecule has 0 aliphatic carbocycles. The van der Waals surface area contributed by atoms with E-state index in [2.05, 4.69) is 23.9 Å². The standard InChI is InChI=1S/C13H22N2O5S2/c1-21(2,3)7-5-20-9-15-11-8-22(18,19)6-4-10(11)12(14-15)13(16)17/h4-9H2,1-3H3,(H,16,17). The summed E-state index contributed by atoms with van der Waals surface area (Å²) in [7, 11) is -3.86. The van der Waals surface area contributed by atoms with Gasteiger partial charge in [0.05, 0.1) is 23.8 Å². The van der Waals surface area contributed by atoms with Gasteiger partial charge < -0.3 is 9.84 Å². The molecule has 2 rings (SSSR count). The number of sulfone groups is 1. The van der Waals surface area contributed by atoms with Gasteiger partial charge in [-0.3, -0.25) is 0 Å². The Morgan fingerprint density at radius 3 is 2.68 bits per heavy atom. The molecule has 7 nitrogen and oxygen atoms in total. The molecule has 0 fully saturated rings. The third kappa shape index (κ3) is 4.23. The lowest BCUT2D eigenvalue weighted by molar-refractivity contribution is 0.0672. The van der Waals surface area contributed by atoms with Gasteiger partial charge in [-0.1, -0.05) is 0 Å². The van der Waals surface area contributed by atoms with E-state index in [0.717, 1.165) is 5.75 Å². The highest BCUT2D eigenvalue weighted by molar-refractivity contribution is 8.32. The van der Waals surface area contributed by atoms with Crippen LogP contribution in [-0.4, -0.2) is 66.2 Å². The predicted molar refractivity (Wildman–Crippen MR) is 86.6 cm³/mol. The Morgan fingerprint density at radius 1 is 1.41 bits per heavy atom. The minimum atomic E-state index is -3.19. The first-order valence-corrected chi connectivity index (χ1v) is 11.7. The Balaban J connectivity index is 2.16. The van der Waals surface area contributed by atoms with E-state index in [0.29, 0.717) is 17.9 Å². The van der Waals surface area contributed by atoms with E-state index >= 15 is 0 Å². The van der Waals surface area contributed by atoms with Gasteiger partial charge in [-0.05, 0) is 25.2 Å². The third-order valence-corrected chi connectivity index (χ3v) is 6.37. The van der Waals surface area contributed by atoms with Crippen LogP contribution in [0.3, 0.4) is 0 Å². The largest absolute Gasteiger partial charge is 0.476 e. The van der Waals surface area contributed by atoms with E-state index in [1.807, 2.05) is 0 Å². The van der Waals surface area contributed by atoms with E-state index in [-0.39, 0.29) is 30.4 Å². The molecule has 1 aliphatic rings. The van der Waals surface area contributed by atoms with Crippen LogP contribution in [0.1, 0.15) is 21.7 Å². The molecule has 0 unspecified atom stereocenters. The molecule has 22 heavy (non-hydrogen) atoms. The number of nitrogens with zero attached hydrogens (tertiary/aromatic N) is 2. The number of hydrogen-bond donors (Lipinski definition) is 1. The SMILES string of the molecule is CS(C)(C)CCOCn1nc(C(=O)O)c2c1CS(=O)(=O)CC2. The molecule has 0 amide bonds. The van der Waals surface area contributed by atoms with Crippen molar-refractivity contribution in [2.24, 2.45) is 0 Å². The summed E-state index contributed by atoms with van der Waals surface area (Å²) in [6.45, 7) is 0.628. The number of fused-ring (bicyclic) bond motifs is 1. The fourth-order valence-electron chi connectivity index (χ4n) is 2.23. The molecule has 1 aromatic heterocycles. The third-order valence-electron chi connectivity index (χ3n) is 3.44. The highest BCUT2D eigenvalue weighted by atomic mass is 32.3. The molecule has 0 bridgehead atoms. The Labute approximate surface area is 131 Å². The lowest BCUT2D eigenvalue weighted by atomic mass is 10.1. The molecule has 2 heterocycles. The first-order valence-electron chi connectivity index (χ1n) is 6.85. The predicted octanol–water partition coefficient (Wildman–Crippen LogP) is 0.720. The van der Waals surface area contributed by atoms with Crippen molar-refractivity contribution >= 4 is 25.8 Å².